The number of nitrogens with one attached hydrogen (secondary N) is 1. The van der Waals surface area contributed by atoms with Crippen molar-refractivity contribution < 1.29 is 4.79 Å². The fourth-order valence-electron chi connectivity index (χ4n) is 1.92. The van der Waals surface area contributed by atoms with E-state index in [1.165, 1.54) is 11.3 Å². The van der Waals surface area contributed by atoms with E-state index in [-0.39, 0.29) is 5.91 Å². The normalized spacial score (nSPS) is 10.6. The molecule has 0 fully saturated rings. The first-order valence-electron chi connectivity index (χ1n) is 6.51. The van der Waals surface area contributed by atoms with Gasteiger partial charge in [-0.3, -0.25) is 10.1 Å². The van der Waals surface area contributed by atoms with E-state index in [9.17, 15) is 4.79 Å². The molecular weight excluding hydrogens is 375 g/mol. The van der Waals surface area contributed by atoms with E-state index in [0.717, 1.165) is 5.56 Å². The summed E-state index contributed by atoms with van der Waals surface area (Å²) in [6.45, 7) is 0. The van der Waals surface area contributed by atoms with Crippen LogP contribution < -0.4 is 5.32 Å². The molecule has 0 aliphatic heterocycles. The SMILES string of the molecule is O=C(Nc1nc(-c2ccc(Cl)cc2Cl)cs1)c1ccc(Cl)cc1. The third-order valence-corrected chi connectivity index (χ3v) is 4.60. The van der Waals surface area contributed by atoms with Gasteiger partial charge in [0.2, 0.25) is 0 Å². The van der Waals surface area contributed by atoms with Crippen LogP contribution in [0.4, 0.5) is 5.13 Å². The molecule has 0 aliphatic rings. The topological polar surface area (TPSA) is 42.0 Å². The Balaban J connectivity index is 1.79. The third-order valence-electron chi connectivity index (χ3n) is 3.04. The van der Waals surface area contributed by atoms with Crippen LogP contribution in [0.2, 0.25) is 15.1 Å². The van der Waals surface area contributed by atoms with Crippen molar-refractivity contribution in [2.75, 3.05) is 5.32 Å². The first kappa shape index (κ1) is 16.3. The average molecular weight is 384 g/mol. The van der Waals surface area contributed by atoms with Crippen molar-refractivity contribution in [3.8, 4) is 11.3 Å². The number of hydrogen-bond donors (Lipinski definition) is 1. The maximum absolute atomic E-state index is 12.2. The lowest BCUT2D eigenvalue weighted by molar-refractivity contribution is 0.102. The molecule has 0 saturated carbocycles. The standard InChI is InChI=1S/C16H9Cl3N2OS/c17-10-3-1-9(2-4-10)15(22)21-16-20-14(8-23-16)12-6-5-11(18)7-13(12)19/h1-8H,(H,20,21,22). The molecule has 0 radical (unpaired) electrons. The number of anilines is 1. The lowest BCUT2D eigenvalue weighted by atomic mass is 10.2. The molecule has 3 nitrogen and oxygen atoms in total. The minimum absolute atomic E-state index is 0.246. The van der Waals surface area contributed by atoms with E-state index in [0.29, 0.717) is 31.5 Å². The van der Waals surface area contributed by atoms with Gasteiger partial charge < -0.3 is 0 Å². The Hall–Kier alpha value is -1.59. The summed E-state index contributed by atoms with van der Waals surface area (Å²) in [5, 5.41) is 6.72. The lowest BCUT2D eigenvalue weighted by Crippen LogP contribution is -2.11. The number of nitrogens with zero attached hydrogens (tertiary/aromatic N) is 1. The van der Waals surface area contributed by atoms with Crippen molar-refractivity contribution >= 4 is 57.2 Å². The number of carbonyl (C=O) groups is 1. The molecular formula is C16H9Cl3N2OS. The zero-order valence-corrected chi connectivity index (χ0v) is 14.6. The summed E-state index contributed by atoms with van der Waals surface area (Å²) >= 11 is 19.2. The Morgan fingerprint density at radius 3 is 2.39 bits per heavy atom. The third kappa shape index (κ3) is 3.85. The maximum atomic E-state index is 12.2. The number of thiazole rings is 1. The first-order chi connectivity index (χ1) is 11.0. The highest BCUT2D eigenvalue weighted by atomic mass is 35.5. The summed E-state index contributed by atoms with van der Waals surface area (Å²) < 4.78 is 0. The Bertz CT molecular complexity index is 862. The van der Waals surface area contributed by atoms with E-state index in [4.69, 9.17) is 34.8 Å². The molecule has 116 valence electrons. The van der Waals surface area contributed by atoms with Gasteiger partial charge in [0, 0.05) is 26.6 Å². The molecule has 0 unspecified atom stereocenters. The second-order valence-corrected chi connectivity index (χ2v) is 6.76. The summed E-state index contributed by atoms with van der Waals surface area (Å²) in [6, 6.07) is 11.8. The number of benzene rings is 2. The summed E-state index contributed by atoms with van der Waals surface area (Å²) in [5.74, 6) is -0.246. The van der Waals surface area contributed by atoms with Crippen LogP contribution in [0, 0.1) is 0 Å². The minimum atomic E-state index is -0.246. The van der Waals surface area contributed by atoms with Crippen molar-refractivity contribution in [3.05, 3.63) is 68.5 Å². The summed E-state index contributed by atoms with van der Waals surface area (Å²) in [4.78, 5) is 16.5. The van der Waals surface area contributed by atoms with Crippen molar-refractivity contribution in [1.82, 2.24) is 4.98 Å². The highest BCUT2D eigenvalue weighted by Gasteiger charge is 2.12. The number of carbonyl (C=O) groups excluding carboxylic acids is 1. The van der Waals surface area contributed by atoms with Crippen molar-refractivity contribution in [2.24, 2.45) is 0 Å². The van der Waals surface area contributed by atoms with E-state index in [2.05, 4.69) is 10.3 Å². The number of rotatable bonds is 3. The van der Waals surface area contributed by atoms with E-state index < -0.39 is 0 Å². The van der Waals surface area contributed by atoms with Gasteiger partial charge in [0.05, 0.1) is 10.7 Å². The molecule has 0 atom stereocenters. The van der Waals surface area contributed by atoms with Crippen LogP contribution in [0.5, 0.6) is 0 Å². The number of halogens is 3. The minimum Gasteiger partial charge on any atom is -0.298 e. The smallest absolute Gasteiger partial charge is 0.257 e. The van der Waals surface area contributed by atoms with Crippen LogP contribution in [0.25, 0.3) is 11.3 Å². The van der Waals surface area contributed by atoms with Crippen molar-refractivity contribution in [1.29, 1.82) is 0 Å². The van der Waals surface area contributed by atoms with Gasteiger partial charge in [0.25, 0.3) is 5.91 Å². The zero-order chi connectivity index (χ0) is 16.4. The average Bonchev–Trinajstić information content (AvgIpc) is 2.96. The van der Waals surface area contributed by atoms with Crippen LogP contribution >= 0.6 is 46.1 Å². The van der Waals surface area contributed by atoms with Gasteiger partial charge in [0.1, 0.15) is 0 Å². The first-order valence-corrected chi connectivity index (χ1v) is 8.52. The Morgan fingerprint density at radius 2 is 1.70 bits per heavy atom. The van der Waals surface area contributed by atoms with Gasteiger partial charge >= 0.3 is 0 Å². The van der Waals surface area contributed by atoms with E-state index in [1.807, 2.05) is 5.38 Å². The van der Waals surface area contributed by atoms with Crippen LogP contribution in [-0.2, 0) is 0 Å². The van der Waals surface area contributed by atoms with E-state index >= 15 is 0 Å². The molecule has 2 aromatic carbocycles. The molecule has 3 aromatic rings. The van der Waals surface area contributed by atoms with Gasteiger partial charge in [0.15, 0.2) is 5.13 Å². The van der Waals surface area contributed by atoms with Gasteiger partial charge in [-0.05, 0) is 42.5 Å². The highest BCUT2D eigenvalue weighted by molar-refractivity contribution is 7.14. The van der Waals surface area contributed by atoms with Crippen LogP contribution in [0.3, 0.4) is 0 Å². The van der Waals surface area contributed by atoms with Crippen molar-refractivity contribution in [2.45, 2.75) is 0 Å². The Morgan fingerprint density at radius 1 is 1.00 bits per heavy atom. The molecule has 3 rings (SSSR count). The van der Waals surface area contributed by atoms with Crippen LogP contribution in [-0.4, -0.2) is 10.9 Å². The fourth-order valence-corrected chi connectivity index (χ4v) is 3.26. The molecule has 1 amide bonds. The Labute approximate surface area is 151 Å². The fraction of sp³-hybridized carbons (Fsp3) is 0. The molecule has 0 bridgehead atoms. The second-order valence-electron chi connectivity index (χ2n) is 4.62. The van der Waals surface area contributed by atoms with Crippen LogP contribution in [0.1, 0.15) is 10.4 Å². The zero-order valence-electron chi connectivity index (χ0n) is 11.5. The summed E-state index contributed by atoms with van der Waals surface area (Å²) in [6.07, 6.45) is 0. The Kier molecular flexibility index (Phi) is 4.87. The molecule has 0 spiro atoms. The van der Waals surface area contributed by atoms with Gasteiger partial charge in [-0.2, -0.15) is 0 Å². The largest absolute Gasteiger partial charge is 0.298 e. The molecule has 0 aliphatic carbocycles. The van der Waals surface area contributed by atoms with E-state index in [1.54, 1.807) is 42.5 Å². The molecule has 7 heteroatoms. The summed E-state index contributed by atoms with van der Waals surface area (Å²) in [5.41, 5.74) is 1.96. The number of hydrogen-bond acceptors (Lipinski definition) is 3. The van der Waals surface area contributed by atoms with Gasteiger partial charge in [-0.15, -0.1) is 11.3 Å². The summed E-state index contributed by atoms with van der Waals surface area (Å²) in [7, 11) is 0. The maximum Gasteiger partial charge on any atom is 0.257 e. The monoisotopic (exact) mass is 382 g/mol. The quantitative estimate of drug-likeness (QED) is 0.600. The molecule has 0 saturated heterocycles. The molecule has 1 N–H and O–H groups in total. The van der Waals surface area contributed by atoms with Crippen LogP contribution in [0.15, 0.2) is 47.8 Å². The molecule has 1 aromatic heterocycles. The van der Waals surface area contributed by atoms with Gasteiger partial charge in [-0.25, -0.2) is 4.98 Å². The predicted molar refractivity (Wildman–Crippen MR) is 97.0 cm³/mol. The molecule has 23 heavy (non-hydrogen) atoms. The molecule has 1 heterocycles. The highest BCUT2D eigenvalue weighted by Crippen LogP contribution is 2.32. The number of aromatic nitrogens is 1. The number of amides is 1. The van der Waals surface area contributed by atoms with Crippen molar-refractivity contribution in [3.63, 3.8) is 0 Å². The van der Waals surface area contributed by atoms with Gasteiger partial charge in [-0.1, -0.05) is 34.8 Å². The second kappa shape index (κ2) is 6.89. The predicted octanol–water partition coefficient (Wildman–Crippen LogP) is 6.02. The lowest BCUT2D eigenvalue weighted by Gasteiger charge is -2.02.